The second-order valence-electron chi connectivity index (χ2n) is 5.49. The van der Waals surface area contributed by atoms with Gasteiger partial charge in [0.05, 0.1) is 25.9 Å². The Balaban J connectivity index is 2.12. The molecule has 0 amide bonds. The Morgan fingerprint density at radius 3 is 2.79 bits per heavy atom. The number of ether oxygens (including phenoxy) is 1. The molecule has 0 saturated heterocycles. The first-order valence-corrected chi connectivity index (χ1v) is 7.94. The van der Waals surface area contributed by atoms with E-state index in [0.717, 1.165) is 16.2 Å². The fraction of sp³-hybridized carbons (Fsp3) is 0.357. The molecule has 10 heteroatoms. The molecular formula is C14H17BrN6O3. The number of hydroxylamine groups is 2. The van der Waals surface area contributed by atoms with E-state index in [2.05, 4.69) is 30.9 Å². The summed E-state index contributed by atoms with van der Waals surface area (Å²) >= 11 is 3.27. The molecule has 2 aromatic rings. The average Bonchev–Trinajstić information content (AvgIpc) is 2.82. The molecule has 3 rings (SSSR count). The van der Waals surface area contributed by atoms with Crippen molar-refractivity contribution in [3.8, 4) is 0 Å². The molecule has 3 heterocycles. The van der Waals surface area contributed by atoms with Gasteiger partial charge in [-0.1, -0.05) is 0 Å². The molecule has 2 aromatic heterocycles. The van der Waals surface area contributed by atoms with E-state index >= 15 is 0 Å². The molecule has 0 radical (unpaired) electrons. The SMILES string of the molecule is COC1=C(C)N(O)CC(Cn2c(=O)[nH]c3c(Br)nc(N)nc32)=C1C. The highest BCUT2D eigenvalue weighted by atomic mass is 79.9. The average molecular weight is 397 g/mol. The molecule has 24 heavy (non-hydrogen) atoms. The molecule has 0 fully saturated rings. The zero-order chi connectivity index (χ0) is 17.6. The number of hydrogen-bond donors (Lipinski definition) is 3. The number of halogens is 1. The maximum absolute atomic E-state index is 12.3. The Morgan fingerprint density at radius 2 is 2.12 bits per heavy atom. The fourth-order valence-electron chi connectivity index (χ4n) is 2.79. The number of nitrogens with zero attached hydrogens (tertiary/aromatic N) is 4. The van der Waals surface area contributed by atoms with E-state index in [1.165, 1.54) is 4.57 Å². The Labute approximate surface area is 145 Å². The molecule has 9 nitrogen and oxygen atoms in total. The predicted molar refractivity (Wildman–Crippen MR) is 91.2 cm³/mol. The molecule has 4 N–H and O–H groups in total. The van der Waals surface area contributed by atoms with E-state index in [9.17, 15) is 10.0 Å². The van der Waals surface area contributed by atoms with Crippen molar-refractivity contribution in [2.45, 2.75) is 20.4 Å². The summed E-state index contributed by atoms with van der Waals surface area (Å²) in [5.74, 6) is 0.649. The van der Waals surface area contributed by atoms with Crippen LogP contribution in [0.15, 0.2) is 32.0 Å². The van der Waals surface area contributed by atoms with Gasteiger partial charge in [0.2, 0.25) is 5.95 Å². The molecular weight excluding hydrogens is 380 g/mol. The van der Waals surface area contributed by atoms with Crippen molar-refractivity contribution in [2.75, 3.05) is 19.4 Å². The lowest BCUT2D eigenvalue weighted by Gasteiger charge is -2.29. The first-order valence-electron chi connectivity index (χ1n) is 7.15. The van der Waals surface area contributed by atoms with Crippen LogP contribution in [0.4, 0.5) is 5.95 Å². The summed E-state index contributed by atoms with van der Waals surface area (Å²) in [7, 11) is 1.54. The third-order valence-corrected chi connectivity index (χ3v) is 4.65. The fourth-order valence-corrected chi connectivity index (χ4v) is 3.24. The summed E-state index contributed by atoms with van der Waals surface area (Å²) in [4.78, 5) is 23.2. The predicted octanol–water partition coefficient (Wildman–Crippen LogP) is 1.36. The van der Waals surface area contributed by atoms with Crippen molar-refractivity contribution in [1.29, 1.82) is 0 Å². The van der Waals surface area contributed by atoms with Crippen LogP contribution in [0.2, 0.25) is 0 Å². The molecule has 0 unspecified atom stereocenters. The Hall–Kier alpha value is -2.33. The molecule has 0 aromatic carbocycles. The number of nitrogens with two attached hydrogens (primary N) is 1. The van der Waals surface area contributed by atoms with Gasteiger partial charge in [-0.15, -0.1) is 0 Å². The van der Waals surface area contributed by atoms with E-state index in [1.54, 1.807) is 14.0 Å². The summed E-state index contributed by atoms with van der Waals surface area (Å²) in [6.45, 7) is 4.17. The number of methoxy groups -OCH3 is 1. The molecule has 0 spiro atoms. The highest BCUT2D eigenvalue weighted by Crippen LogP contribution is 2.28. The number of aromatic amines is 1. The molecule has 1 aliphatic heterocycles. The Kier molecular flexibility index (Phi) is 4.10. The number of rotatable bonds is 3. The lowest BCUT2D eigenvalue weighted by molar-refractivity contribution is -0.0543. The van der Waals surface area contributed by atoms with Crippen LogP contribution in [0.5, 0.6) is 0 Å². The number of H-pyrrole nitrogens is 1. The van der Waals surface area contributed by atoms with Crippen molar-refractivity contribution in [1.82, 2.24) is 24.6 Å². The number of imidazole rings is 1. The Bertz CT molecular complexity index is 942. The highest BCUT2D eigenvalue weighted by molar-refractivity contribution is 9.10. The van der Waals surface area contributed by atoms with Gasteiger partial charge in [-0.05, 0) is 40.9 Å². The second-order valence-corrected chi connectivity index (χ2v) is 6.24. The zero-order valence-corrected chi connectivity index (χ0v) is 15.0. The van der Waals surface area contributed by atoms with E-state index in [0.29, 0.717) is 27.2 Å². The van der Waals surface area contributed by atoms with Crippen LogP contribution in [-0.4, -0.2) is 43.4 Å². The van der Waals surface area contributed by atoms with Gasteiger partial charge in [0.15, 0.2) is 5.65 Å². The van der Waals surface area contributed by atoms with Crippen molar-refractivity contribution in [3.05, 3.63) is 37.7 Å². The van der Waals surface area contributed by atoms with Gasteiger partial charge < -0.3 is 15.5 Å². The number of fused-ring (bicyclic) bond motifs is 1. The zero-order valence-electron chi connectivity index (χ0n) is 13.4. The van der Waals surface area contributed by atoms with Crippen LogP contribution in [0.3, 0.4) is 0 Å². The van der Waals surface area contributed by atoms with Crippen LogP contribution >= 0.6 is 15.9 Å². The highest BCUT2D eigenvalue weighted by Gasteiger charge is 2.24. The summed E-state index contributed by atoms with van der Waals surface area (Å²) in [5, 5.41) is 11.2. The molecule has 0 bridgehead atoms. The standard InChI is InChI=1S/C14H17BrN6O3/c1-6-8(5-21(23)7(2)10(6)24-3)4-20-12-9(17-14(20)22)11(15)18-13(16)19-12/h23H,4-5H2,1-3H3,(H,17,22)(H2,16,18,19). The van der Waals surface area contributed by atoms with Gasteiger partial charge in [-0.3, -0.25) is 14.8 Å². The van der Waals surface area contributed by atoms with Crippen molar-refractivity contribution in [2.24, 2.45) is 0 Å². The van der Waals surface area contributed by atoms with Crippen LogP contribution in [0.25, 0.3) is 11.2 Å². The summed E-state index contributed by atoms with van der Waals surface area (Å²) in [5.41, 5.74) is 8.55. The van der Waals surface area contributed by atoms with Gasteiger partial charge in [0, 0.05) is 0 Å². The largest absolute Gasteiger partial charge is 0.495 e. The molecule has 0 atom stereocenters. The van der Waals surface area contributed by atoms with Gasteiger partial charge in [-0.25, -0.2) is 9.78 Å². The number of aromatic nitrogens is 4. The minimum absolute atomic E-state index is 0.0635. The van der Waals surface area contributed by atoms with Crippen molar-refractivity contribution < 1.29 is 9.94 Å². The maximum Gasteiger partial charge on any atom is 0.328 e. The van der Waals surface area contributed by atoms with Crippen LogP contribution < -0.4 is 11.4 Å². The first-order chi connectivity index (χ1) is 11.3. The minimum atomic E-state index is -0.333. The maximum atomic E-state index is 12.3. The van der Waals surface area contributed by atoms with E-state index in [1.807, 2.05) is 6.92 Å². The third kappa shape index (κ3) is 2.57. The topological polar surface area (TPSA) is 122 Å². The molecule has 128 valence electrons. The third-order valence-electron chi connectivity index (χ3n) is 4.08. The van der Waals surface area contributed by atoms with Crippen molar-refractivity contribution >= 4 is 33.0 Å². The minimum Gasteiger partial charge on any atom is -0.495 e. The van der Waals surface area contributed by atoms with E-state index in [4.69, 9.17) is 10.5 Å². The molecule has 0 saturated carbocycles. The Morgan fingerprint density at radius 1 is 1.42 bits per heavy atom. The van der Waals surface area contributed by atoms with Crippen LogP contribution in [0, 0.1) is 0 Å². The van der Waals surface area contributed by atoms with E-state index < -0.39 is 0 Å². The monoisotopic (exact) mass is 396 g/mol. The summed E-state index contributed by atoms with van der Waals surface area (Å²) in [6, 6.07) is 0. The summed E-state index contributed by atoms with van der Waals surface area (Å²) < 4.78 is 7.24. The molecule has 0 aliphatic carbocycles. The van der Waals surface area contributed by atoms with Gasteiger partial charge in [0.25, 0.3) is 0 Å². The lowest BCUT2D eigenvalue weighted by Crippen LogP contribution is -2.30. The number of hydrogen-bond acceptors (Lipinski definition) is 7. The quantitative estimate of drug-likeness (QED) is 0.669. The van der Waals surface area contributed by atoms with Gasteiger partial charge >= 0.3 is 5.69 Å². The van der Waals surface area contributed by atoms with Gasteiger partial charge in [-0.2, -0.15) is 4.98 Å². The van der Waals surface area contributed by atoms with Crippen LogP contribution in [0.1, 0.15) is 13.8 Å². The normalized spacial score (nSPS) is 15.6. The second kappa shape index (κ2) is 5.95. The first kappa shape index (κ1) is 16.5. The smallest absolute Gasteiger partial charge is 0.328 e. The number of allylic oxidation sites excluding steroid dienone is 2. The van der Waals surface area contributed by atoms with Crippen molar-refractivity contribution in [3.63, 3.8) is 0 Å². The lowest BCUT2D eigenvalue weighted by atomic mass is 10.0. The van der Waals surface area contributed by atoms with Gasteiger partial charge in [0.1, 0.15) is 15.9 Å². The number of nitrogen functional groups attached to an aromatic ring is 1. The summed E-state index contributed by atoms with van der Waals surface area (Å²) in [6.07, 6.45) is 0. The number of nitrogens with one attached hydrogen (secondary N) is 1. The van der Waals surface area contributed by atoms with Crippen LogP contribution in [-0.2, 0) is 11.3 Å². The number of anilines is 1. The molecule has 1 aliphatic rings. The van der Waals surface area contributed by atoms with E-state index in [-0.39, 0.29) is 24.7 Å².